The predicted molar refractivity (Wildman–Crippen MR) is 33.4 cm³/mol. The molecule has 2 N–H and O–H groups in total. The molecule has 1 unspecified atom stereocenters. The molecule has 0 aliphatic carbocycles. The lowest BCUT2D eigenvalue weighted by atomic mass is 10.3. The van der Waals surface area contributed by atoms with Crippen molar-refractivity contribution in [3.05, 3.63) is 0 Å². The van der Waals surface area contributed by atoms with Crippen molar-refractivity contribution in [2.24, 2.45) is 0 Å². The van der Waals surface area contributed by atoms with Crippen molar-refractivity contribution in [2.75, 3.05) is 13.2 Å². The molecule has 0 radical (unpaired) electrons. The van der Waals surface area contributed by atoms with E-state index in [1.807, 2.05) is 6.92 Å². The van der Waals surface area contributed by atoms with E-state index in [0.29, 0.717) is 6.54 Å². The molecule has 2 heteroatoms. The first-order valence-corrected chi connectivity index (χ1v) is 2.61. The van der Waals surface area contributed by atoms with Crippen LogP contribution in [0.1, 0.15) is 6.92 Å². The Morgan fingerprint density at radius 2 is 2.50 bits per heavy atom. The molecule has 0 saturated carbocycles. The molecular weight excluding hydrogens is 102 g/mol. The maximum atomic E-state index is 8.28. The Morgan fingerprint density at radius 1 is 1.88 bits per heavy atom. The van der Waals surface area contributed by atoms with Gasteiger partial charge in [-0.3, -0.25) is 0 Å². The average molecular weight is 113 g/mol. The topological polar surface area (TPSA) is 32.3 Å². The first kappa shape index (κ1) is 7.48. The molecule has 2 nitrogen and oxygen atoms in total. The van der Waals surface area contributed by atoms with Crippen molar-refractivity contribution in [1.29, 1.82) is 0 Å². The maximum Gasteiger partial charge on any atom is 0.0659 e. The smallest absolute Gasteiger partial charge is 0.0659 e. The number of nitrogens with one attached hydrogen (secondary N) is 1. The number of rotatable bonds is 3. The van der Waals surface area contributed by atoms with Crippen LogP contribution in [0.3, 0.4) is 0 Å². The van der Waals surface area contributed by atoms with E-state index in [4.69, 9.17) is 11.5 Å². The molecule has 1 atom stereocenters. The third-order valence-electron chi connectivity index (χ3n) is 0.812. The van der Waals surface area contributed by atoms with Crippen molar-refractivity contribution < 1.29 is 5.11 Å². The molecule has 0 aromatic heterocycles. The molecule has 0 spiro atoms. The van der Waals surface area contributed by atoms with E-state index >= 15 is 0 Å². The minimum atomic E-state index is 0.0714. The van der Waals surface area contributed by atoms with Crippen molar-refractivity contribution in [2.45, 2.75) is 13.0 Å². The molecule has 0 rings (SSSR count). The van der Waals surface area contributed by atoms with E-state index in [2.05, 4.69) is 11.2 Å². The van der Waals surface area contributed by atoms with Crippen LogP contribution < -0.4 is 5.32 Å². The molecule has 0 aliphatic heterocycles. The number of hydrogen-bond donors (Lipinski definition) is 2. The summed E-state index contributed by atoms with van der Waals surface area (Å²) in [4.78, 5) is 0. The first-order chi connectivity index (χ1) is 3.81. The normalized spacial score (nSPS) is 12.6. The molecule has 0 bridgehead atoms. The van der Waals surface area contributed by atoms with Crippen LogP contribution in [0.15, 0.2) is 0 Å². The molecule has 0 aliphatic rings. The number of aliphatic hydroxyl groups excluding tert-OH is 1. The zero-order chi connectivity index (χ0) is 6.41. The van der Waals surface area contributed by atoms with Gasteiger partial charge in [0.05, 0.1) is 12.6 Å². The van der Waals surface area contributed by atoms with Gasteiger partial charge in [0.2, 0.25) is 0 Å². The second-order valence-electron chi connectivity index (χ2n) is 1.57. The number of terminal acetylenes is 1. The highest BCUT2D eigenvalue weighted by molar-refractivity contribution is 4.95. The zero-order valence-corrected chi connectivity index (χ0v) is 5.02. The molecule has 0 heterocycles. The molecule has 0 amide bonds. The zero-order valence-electron chi connectivity index (χ0n) is 5.02. The fraction of sp³-hybridized carbons (Fsp3) is 0.667. The first-order valence-electron chi connectivity index (χ1n) is 2.61. The lowest BCUT2D eigenvalue weighted by Crippen LogP contribution is -2.26. The van der Waals surface area contributed by atoms with Crippen LogP contribution in [-0.4, -0.2) is 24.3 Å². The van der Waals surface area contributed by atoms with Crippen LogP contribution in [0.5, 0.6) is 0 Å². The second-order valence-corrected chi connectivity index (χ2v) is 1.57. The Balaban J connectivity index is 3.02. The monoisotopic (exact) mass is 113 g/mol. The van der Waals surface area contributed by atoms with Gasteiger partial charge in [-0.2, -0.15) is 0 Å². The Hall–Kier alpha value is -0.520. The van der Waals surface area contributed by atoms with Crippen molar-refractivity contribution in [3.63, 3.8) is 0 Å². The maximum absolute atomic E-state index is 8.28. The SMILES string of the molecule is C#CC(C)NCCO. The summed E-state index contributed by atoms with van der Waals surface area (Å²) in [6.45, 7) is 2.59. The lowest BCUT2D eigenvalue weighted by molar-refractivity contribution is 0.290. The van der Waals surface area contributed by atoms with Gasteiger partial charge in [-0.05, 0) is 6.92 Å². The number of aliphatic hydroxyl groups is 1. The van der Waals surface area contributed by atoms with Crippen LogP contribution in [0.25, 0.3) is 0 Å². The van der Waals surface area contributed by atoms with Gasteiger partial charge in [-0.25, -0.2) is 0 Å². The van der Waals surface area contributed by atoms with Gasteiger partial charge in [0.25, 0.3) is 0 Å². The van der Waals surface area contributed by atoms with Gasteiger partial charge in [0.1, 0.15) is 0 Å². The Bertz CT molecular complexity index is 85.0. The van der Waals surface area contributed by atoms with E-state index < -0.39 is 0 Å². The summed E-state index contributed by atoms with van der Waals surface area (Å²) >= 11 is 0. The fourth-order valence-electron chi connectivity index (χ4n) is 0.340. The van der Waals surface area contributed by atoms with Gasteiger partial charge in [-0.1, -0.05) is 5.92 Å². The molecular formula is C6H11NO. The minimum absolute atomic E-state index is 0.0714. The van der Waals surface area contributed by atoms with Crippen LogP contribution in [0, 0.1) is 12.3 Å². The molecule has 0 aromatic rings. The van der Waals surface area contributed by atoms with E-state index in [0.717, 1.165) is 0 Å². The predicted octanol–water partition coefficient (Wildman–Crippen LogP) is -0.410. The van der Waals surface area contributed by atoms with Crippen molar-refractivity contribution in [1.82, 2.24) is 5.32 Å². The van der Waals surface area contributed by atoms with E-state index in [-0.39, 0.29) is 12.6 Å². The molecule has 46 valence electrons. The summed E-state index contributed by atoms with van der Waals surface area (Å²) in [7, 11) is 0. The van der Waals surface area contributed by atoms with Gasteiger partial charge in [-0.15, -0.1) is 6.42 Å². The third kappa shape index (κ3) is 3.66. The lowest BCUT2D eigenvalue weighted by Gasteiger charge is -2.02. The highest BCUT2D eigenvalue weighted by Gasteiger charge is 1.89. The van der Waals surface area contributed by atoms with Crippen LogP contribution in [-0.2, 0) is 0 Å². The summed E-state index contributed by atoms with van der Waals surface area (Å²) in [6, 6.07) is 0.0714. The molecule has 8 heavy (non-hydrogen) atoms. The quantitative estimate of drug-likeness (QED) is 0.488. The van der Waals surface area contributed by atoms with E-state index in [9.17, 15) is 0 Å². The highest BCUT2D eigenvalue weighted by Crippen LogP contribution is 1.72. The van der Waals surface area contributed by atoms with Crippen molar-refractivity contribution >= 4 is 0 Å². The largest absolute Gasteiger partial charge is 0.395 e. The standard InChI is InChI=1S/C6H11NO/c1-3-6(2)7-4-5-8/h1,6-8H,4-5H2,2H3. The molecule has 0 fully saturated rings. The number of hydrogen-bond acceptors (Lipinski definition) is 2. The van der Waals surface area contributed by atoms with E-state index in [1.165, 1.54) is 0 Å². The Kier molecular flexibility index (Phi) is 4.33. The van der Waals surface area contributed by atoms with Crippen molar-refractivity contribution in [3.8, 4) is 12.3 Å². The summed E-state index contributed by atoms with van der Waals surface area (Å²) in [5.74, 6) is 2.48. The molecule has 0 saturated heterocycles. The van der Waals surface area contributed by atoms with Gasteiger partial charge >= 0.3 is 0 Å². The summed E-state index contributed by atoms with van der Waals surface area (Å²) < 4.78 is 0. The minimum Gasteiger partial charge on any atom is -0.395 e. The average Bonchev–Trinajstić information content (AvgIpc) is 1.83. The van der Waals surface area contributed by atoms with Crippen LogP contribution in [0.2, 0.25) is 0 Å². The third-order valence-corrected chi connectivity index (χ3v) is 0.812. The van der Waals surface area contributed by atoms with Gasteiger partial charge in [0, 0.05) is 6.54 Å². The molecule has 0 aromatic carbocycles. The van der Waals surface area contributed by atoms with Crippen LogP contribution in [0.4, 0.5) is 0 Å². The second kappa shape index (κ2) is 4.63. The van der Waals surface area contributed by atoms with Gasteiger partial charge in [0.15, 0.2) is 0 Å². The van der Waals surface area contributed by atoms with Crippen LogP contribution >= 0.6 is 0 Å². The summed E-state index contributed by atoms with van der Waals surface area (Å²) in [5.41, 5.74) is 0. The van der Waals surface area contributed by atoms with Gasteiger partial charge < -0.3 is 10.4 Å². The Morgan fingerprint density at radius 3 is 2.88 bits per heavy atom. The summed E-state index contributed by atoms with van der Waals surface area (Å²) in [6.07, 6.45) is 5.02. The Labute approximate surface area is 49.9 Å². The fourth-order valence-corrected chi connectivity index (χ4v) is 0.340. The summed E-state index contributed by atoms with van der Waals surface area (Å²) in [5, 5.41) is 11.2. The highest BCUT2D eigenvalue weighted by atomic mass is 16.3. The van der Waals surface area contributed by atoms with E-state index in [1.54, 1.807) is 0 Å².